The summed E-state index contributed by atoms with van der Waals surface area (Å²) < 4.78 is 5.59. The van der Waals surface area contributed by atoms with Gasteiger partial charge in [0.15, 0.2) is 0 Å². The van der Waals surface area contributed by atoms with Gasteiger partial charge in [-0.25, -0.2) is 0 Å². The van der Waals surface area contributed by atoms with E-state index < -0.39 is 5.41 Å². The summed E-state index contributed by atoms with van der Waals surface area (Å²) in [6.07, 6.45) is 2.29. The Bertz CT molecular complexity index is 440. The van der Waals surface area contributed by atoms with Crippen molar-refractivity contribution in [2.75, 3.05) is 19.7 Å². The van der Waals surface area contributed by atoms with Gasteiger partial charge in [-0.1, -0.05) is 32.0 Å². The van der Waals surface area contributed by atoms with Crippen LogP contribution in [0.15, 0.2) is 24.3 Å². The normalized spacial score (nSPS) is 10.7. The summed E-state index contributed by atoms with van der Waals surface area (Å²) in [4.78, 5) is 12.3. The van der Waals surface area contributed by atoms with Crippen molar-refractivity contribution in [3.05, 3.63) is 29.8 Å². The fourth-order valence-electron chi connectivity index (χ4n) is 2.46. The van der Waals surface area contributed by atoms with Crippen molar-refractivity contribution in [2.45, 2.75) is 40.0 Å². The molecule has 5 heteroatoms. The summed E-state index contributed by atoms with van der Waals surface area (Å²) in [5, 5.41) is 3.02. The molecule has 0 aromatic heterocycles. The summed E-state index contributed by atoms with van der Waals surface area (Å²) in [6, 6.07) is 7.94. The van der Waals surface area contributed by atoms with Crippen LogP contribution in [-0.2, 0) is 11.2 Å². The Morgan fingerprint density at radius 1 is 1.23 bits per heavy atom. The van der Waals surface area contributed by atoms with Crippen LogP contribution >= 0.6 is 12.4 Å². The molecule has 1 amide bonds. The third kappa shape index (κ3) is 5.18. The number of rotatable bonds is 9. The van der Waals surface area contributed by atoms with Crippen molar-refractivity contribution in [1.29, 1.82) is 0 Å². The fourth-order valence-corrected chi connectivity index (χ4v) is 2.46. The molecule has 3 N–H and O–H groups in total. The molecule has 1 rings (SSSR count). The van der Waals surface area contributed by atoms with E-state index in [1.165, 1.54) is 0 Å². The van der Waals surface area contributed by atoms with E-state index in [0.29, 0.717) is 19.7 Å². The summed E-state index contributed by atoms with van der Waals surface area (Å²) in [6.45, 7) is 7.63. The average Bonchev–Trinajstić information content (AvgIpc) is 2.51. The minimum Gasteiger partial charge on any atom is -0.494 e. The molecule has 0 heterocycles. The first kappa shape index (κ1) is 20.7. The molecule has 1 aromatic carbocycles. The molecular formula is C17H29ClN2O2. The Labute approximate surface area is 140 Å². The molecule has 126 valence electrons. The smallest absolute Gasteiger partial charge is 0.227 e. The van der Waals surface area contributed by atoms with E-state index in [9.17, 15) is 4.79 Å². The number of nitrogens with two attached hydrogens (primary N) is 1. The summed E-state index contributed by atoms with van der Waals surface area (Å²) in [5.41, 5.74) is 6.48. The zero-order valence-electron chi connectivity index (χ0n) is 13.9. The lowest BCUT2D eigenvalue weighted by Gasteiger charge is -2.28. The lowest BCUT2D eigenvalue weighted by molar-refractivity contribution is -0.131. The second-order valence-electron chi connectivity index (χ2n) is 5.24. The van der Waals surface area contributed by atoms with E-state index in [1.54, 1.807) is 0 Å². The second kappa shape index (κ2) is 10.5. The third-order valence-electron chi connectivity index (χ3n) is 4.18. The van der Waals surface area contributed by atoms with Crippen LogP contribution in [0.5, 0.6) is 5.75 Å². The number of carbonyl (C=O) groups is 1. The molecule has 0 radical (unpaired) electrons. The van der Waals surface area contributed by atoms with Gasteiger partial charge in [0.05, 0.1) is 12.0 Å². The highest BCUT2D eigenvalue weighted by Gasteiger charge is 2.32. The highest BCUT2D eigenvalue weighted by atomic mass is 35.5. The van der Waals surface area contributed by atoms with Gasteiger partial charge in [-0.05, 0) is 37.8 Å². The Morgan fingerprint density at radius 2 is 1.86 bits per heavy atom. The molecule has 0 fully saturated rings. The summed E-state index contributed by atoms with van der Waals surface area (Å²) >= 11 is 0. The maximum Gasteiger partial charge on any atom is 0.227 e. The molecule has 1 aromatic rings. The van der Waals surface area contributed by atoms with Crippen LogP contribution in [0, 0.1) is 5.41 Å². The fraction of sp³-hybridized carbons (Fsp3) is 0.588. The summed E-state index contributed by atoms with van der Waals surface area (Å²) in [5.74, 6) is 0.953. The number of ether oxygens (including phenoxy) is 1. The van der Waals surface area contributed by atoms with Crippen molar-refractivity contribution in [3.8, 4) is 5.75 Å². The van der Waals surface area contributed by atoms with Crippen LogP contribution in [0.2, 0.25) is 0 Å². The highest BCUT2D eigenvalue weighted by molar-refractivity contribution is 5.85. The Hall–Kier alpha value is -1.26. The number of hydrogen-bond acceptors (Lipinski definition) is 3. The summed E-state index contributed by atoms with van der Waals surface area (Å²) in [7, 11) is 0. The van der Waals surface area contributed by atoms with Crippen molar-refractivity contribution in [3.63, 3.8) is 0 Å². The molecule has 0 bridgehead atoms. The van der Waals surface area contributed by atoms with Gasteiger partial charge in [0.1, 0.15) is 5.75 Å². The molecule has 0 spiro atoms. The zero-order valence-corrected chi connectivity index (χ0v) is 14.7. The topological polar surface area (TPSA) is 64.3 Å². The number of benzene rings is 1. The van der Waals surface area contributed by atoms with E-state index in [1.807, 2.05) is 45.0 Å². The number of amides is 1. The maximum atomic E-state index is 12.3. The van der Waals surface area contributed by atoms with Crippen LogP contribution in [0.1, 0.15) is 39.2 Å². The number of hydrogen-bond donors (Lipinski definition) is 2. The Balaban J connectivity index is 0.00000441. The van der Waals surface area contributed by atoms with Gasteiger partial charge in [-0.2, -0.15) is 0 Å². The lowest BCUT2D eigenvalue weighted by Crippen LogP contribution is -2.45. The molecule has 22 heavy (non-hydrogen) atoms. The van der Waals surface area contributed by atoms with E-state index in [0.717, 1.165) is 30.6 Å². The number of carbonyl (C=O) groups excluding carboxylic acids is 1. The molecule has 0 atom stereocenters. The van der Waals surface area contributed by atoms with Crippen molar-refractivity contribution in [2.24, 2.45) is 11.1 Å². The number of nitrogens with one attached hydrogen (secondary N) is 1. The number of para-hydroxylation sites is 1. The minimum absolute atomic E-state index is 0. The van der Waals surface area contributed by atoms with Crippen molar-refractivity contribution in [1.82, 2.24) is 5.32 Å². The molecule has 0 saturated heterocycles. The predicted octanol–water partition coefficient (Wildman–Crippen LogP) is 2.93. The van der Waals surface area contributed by atoms with Crippen LogP contribution in [0.3, 0.4) is 0 Å². The van der Waals surface area contributed by atoms with Gasteiger partial charge in [0.2, 0.25) is 5.91 Å². The lowest BCUT2D eigenvalue weighted by atomic mass is 9.81. The first-order valence-electron chi connectivity index (χ1n) is 7.82. The monoisotopic (exact) mass is 328 g/mol. The highest BCUT2D eigenvalue weighted by Crippen LogP contribution is 2.25. The molecule has 0 unspecified atom stereocenters. The van der Waals surface area contributed by atoms with Crippen molar-refractivity contribution >= 4 is 18.3 Å². The van der Waals surface area contributed by atoms with Gasteiger partial charge in [-0.3, -0.25) is 4.79 Å². The SMILES string of the molecule is CCOc1ccccc1CCNC(=O)C(CC)(CC)CN.Cl. The van der Waals surface area contributed by atoms with E-state index in [-0.39, 0.29) is 18.3 Å². The van der Waals surface area contributed by atoms with Gasteiger partial charge < -0.3 is 15.8 Å². The van der Waals surface area contributed by atoms with Gasteiger partial charge in [0, 0.05) is 13.1 Å². The van der Waals surface area contributed by atoms with Crippen LogP contribution in [0.4, 0.5) is 0 Å². The van der Waals surface area contributed by atoms with Gasteiger partial charge >= 0.3 is 0 Å². The van der Waals surface area contributed by atoms with Gasteiger partial charge in [0.25, 0.3) is 0 Å². The Morgan fingerprint density at radius 3 is 2.41 bits per heavy atom. The van der Waals surface area contributed by atoms with Crippen LogP contribution < -0.4 is 15.8 Å². The van der Waals surface area contributed by atoms with Crippen LogP contribution in [0.25, 0.3) is 0 Å². The Kier molecular flexibility index (Phi) is 9.86. The van der Waals surface area contributed by atoms with E-state index >= 15 is 0 Å². The third-order valence-corrected chi connectivity index (χ3v) is 4.18. The zero-order chi connectivity index (χ0) is 15.7. The molecule has 4 nitrogen and oxygen atoms in total. The van der Waals surface area contributed by atoms with E-state index in [2.05, 4.69) is 5.32 Å². The quantitative estimate of drug-likeness (QED) is 0.732. The minimum atomic E-state index is -0.431. The van der Waals surface area contributed by atoms with Gasteiger partial charge in [-0.15, -0.1) is 12.4 Å². The van der Waals surface area contributed by atoms with E-state index in [4.69, 9.17) is 10.5 Å². The molecule has 0 saturated carbocycles. The molecule has 0 aliphatic carbocycles. The first-order chi connectivity index (χ1) is 10.1. The average molecular weight is 329 g/mol. The standard InChI is InChI=1S/C17H28N2O2.ClH/c1-4-17(5-2,13-18)16(20)19-12-11-14-9-7-8-10-15(14)21-6-3;/h7-10H,4-6,11-13,18H2,1-3H3,(H,19,20);1H. The van der Waals surface area contributed by atoms with Crippen molar-refractivity contribution < 1.29 is 9.53 Å². The predicted molar refractivity (Wildman–Crippen MR) is 93.6 cm³/mol. The maximum absolute atomic E-state index is 12.3. The largest absolute Gasteiger partial charge is 0.494 e. The number of halogens is 1. The second-order valence-corrected chi connectivity index (χ2v) is 5.24. The molecule has 0 aliphatic rings. The van der Waals surface area contributed by atoms with Crippen LogP contribution in [-0.4, -0.2) is 25.6 Å². The first-order valence-corrected chi connectivity index (χ1v) is 7.82. The molecule has 0 aliphatic heterocycles. The molecular weight excluding hydrogens is 300 g/mol.